The van der Waals surface area contributed by atoms with E-state index < -0.39 is 23.3 Å². The lowest BCUT2D eigenvalue weighted by Gasteiger charge is -2.10. The van der Waals surface area contributed by atoms with Crippen molar-refractivity contribution in [3.05, 3.63) is 53.8 Å². The van der Waals surface area contributed by atoms with Crippen molar-refractivity contribution < 1.29 is 22.7 Å². The predicted octanol–water partition coefficient (Wildman–Crippen LogP) is 4.22. The molecule has 0 atom stereocenters. The van der Waals surface area contributed by atoms with E-state index in [-0.39, 0.29) is 11.1 Å². The number of phenolic OH excluding ortho intramolecular Hbond substituents is 1. The fourth-order valence-corrected chi connectivity index (χ4v) is 1.62. The Labute approximate surface area is 100 Å². The van der Waals surface area contributed by atoms with Crippen LogP contribution >= 0.6 is 0 Å². The maximum Gasteiger partial charge on any atom is 0.416 e. The first kappa shape index (κ1) is 12.4. The number of hydrogen-bond donors (Lipinski definition) is 1. The summed E-state index contributed by atoms with van der Waals surface area (Å²) in [6.07, 6.45) is -4.54. The van der Waals surface area contributed by atoms with Crippen LogP contribution in [-0.2, 0) is 6.18 Å². The van der Waals surface area contributed by atoms with Gasteiger partial charge in [0, 0.05) is 11.1 Å². The van der Waals surface area contributed by atoms with Gasteiger partial charge in [-0.2, -0.15) is 13.2 Å². The van der Waals surface area contributed by atoms with Crippen molar-refractivity contribution in [3.63, 3.8) is 0 Å². The van der Waals surface area contributed by atoms with Crippen LogP contribution in [0.25, 0.3) is 11.1 Å². The summed E-state index contributed by atoms with van der Waals surface area (Å²) in [7, 11) is 0. The largest absolute Gasteiger partial charge is 0.507 e. The summed E-state index contributed by atoms with van der Waals surface area (Å²) in [5, 5.41) is 9.57. The van der Waals surface area contributed by atoms with E-state index in [4.69, 9.17) is 0 Å². The molecule has 94 valence electrons. The topological polar surface area (TPSA) is 20.2 Å². The number of halogens is 4. The lowest BCUT2D eigenvalue weighted by Crippen LogP contribution is -2.04. The smallest absolute Gasteiger partial charge is 0.416 e. The summed E-state index contributed by atoms with van der Waals surface area (Å²) in [5.41, 5.74) is -0.884. The minimum absolute atomic E-state index is 0.0288. The minimum atomic E-state index is -4.54. The molecule has 2 aromatic carbocycles. The van der Waals surface area contributed by atoms with E-state index in [2.05, 4.69) is 0 Å². The maximum absolute atomic E-state index is 13.5. The molecule has 0 amide bonds. The monoisotopic (exact) mass is 256 g/mol. The van der Waals surface area contributed by atoms with Gasteiger partial charge in [0.1, 0.15) is 11.6 Å². The van der Waals surface area contributed by atoms with E-state index >= 15 is 0 Å². The van der Waals surface area contributed by atoms with E-state index in [1.165, 1.54) is 24.3 Å². The van der Waals surface area contributed by atoms with Crippen LogP contribution in [0.3, 0.4) is 0 Å². The second-order valence-corrected chi connectivity index (χ2v) is 3.71. The second-order valence-electron chi connectivity index (χ2n) is 3.71. The van der Waals surface area contributed by atoms with E-state index in [1.807, 2.05) is 0 Å². The lowest BCUT2D eigenvalue weighted by molar-refractivity contribution is -0.137. The molecule has 2 rings (SSSR count). The third-order valence-corrected chi connectivity index (χ3v) is 2.49. The van der Waals surface area contributed by atoms with Crippen LogP contribution < -0.4 is 0 Å². The van der Waals surface area contributed by atoms with Crippen molar-refractivity contribution in [2.45, 2.75) is 6.18 Å². The molecule has 1 nitrogen and oxygen atoms in total. The average Bonchev–Trinajstić information content (AvgIpc) is 2.29. The first-order valence-electron chi connectivity index (χ1n) is 5.04. The van der Waals surface area contributed by atoms with Gasteiger partial charge in [-0.05, 0) is 24.3 Å². The van der Waals surface area contributed by atoms with E-state index in [9.17, 15) is 22.7 Å². The van der Waals surface area contributed by atoms with Crippen LogP contribution in [0.1, 0.15) is 5.56 Å². The molecular formula is C13H8F4O. The van der Waals surface area contributed by atoms with Gasteiger partial charge in [0.2, 0.25) is 0 Å². The molecule has 0 aliphatic carbocycles. The Hall–Kier alpha value is -2.04. The average molecular weight is 256 g/mol. The third-order valence-electron chi connectivity index (χ3n) is 2.49. The Bertz CT molecular complexity index is 575. The van der Waals surface area contributed by atoms with Crippen molar-refractivity contribution in [3.8, 4) is 16.9 Å². The van der Waals surface area contributed by atoms with Crippen LogP contribution in [0, 0.1) is 5.82 Å². The molecule has 0 radical (unpaired) electrons. The standard InChI is InChI=1S/C13H8F4O/c14-11-4-2-1-3-9(11)10-6-5-8(7-12(10)18)13(15,16)17/h1-7,18H. The highest BCUT2D eigenvalue weighted by molar-refractivity contribution is 5.71. The van der Waals surface area contributed by atoms with Gasteiger partial charge in [0.05, 0.1) is 5.56 Å². The third kappa shape index (κ3) is 2.30. The van der Waals surface area contributed by atoms with Gasteiger partial charge in [-0.25, -0.2) is 4.39 Å². The van der Waals surface area contributed by atoms with Crippen LogP contribution in [-0.4, -0.2) is 5.11 Å². The number of benzene rings is 2. The normalized spacial score (nSPS) is 11.6. The fourth-order valence-electron chi connectivity index (χ4n) is 1.62. The molecule has 5 heteroatoms. The number of phenols is 1. The fraction of sp³-hybridized carbons (Fsp3) is 0.0769. The number of hydrogen-bond acceptors (Lipinski definition) is 1. The summed E-state index contributed by atoms with van der Waals surface area (Å²) in [5.74, 6) is -1.21. The highest BCUT2D eigenvalue weighted by Gasteiger charge is 2.31. The van der Waals surface area contributed by atoms with Gasteiger partial charge in [-0.3, -0.25) is 0 Å². The Morgan fingerprint density at radius 1 is 0.889 bits per heavy atom. The van der Waals surface area contributed by atoms with E-state index in [1.54, 1.807) is 0 Å². The van der Waals surface area contributed by atoms with Gasteiger partial charge >= 0.3 is 6.18 Å². The zero-order valence-electron chi connectivity index (χ0n) is 9.00. The molecule has 1 N–H and O–H groups in total. The molecule has 0 aliphatic heterocycles. The van der Waals surface area contributed by atoms with Crippen molar-refractivity contribution in [2.24, 2.45) is 0 Å². The van der Waals surface area contributed by atoms with Crippen molar-refractivity contribution in [1.29, 1.82) is 0 Å². The molecule has 2 aromatic rings. The molecule has 0 fully saturated rings. The van der Waals surface area contributed by atoms with Gasteiger partial charge in [-0.1, -0.05) is 18.2 Å². The van der Waals surface area contributed by atoms with Gasteiger partial charge < -0.3 is 5.11 Å². The molecule has 0 saturated carbocycles. The van der Waals surface area contributed by atoms with Gasteiger partial charge in [0.25, 0.3) is 0 Å². The predicted molar refractivity (Wildman–Crippen MR) is 58.5 cm³/mol. The second kappa shape index (κ2) is 4.33. The van der Waals surface area contributed by atoms with E-state index in [0.717, 1.165) is 12.1 Å². The lowest BCUT2D eigenvalue weighted by atomic mass is 10.0. The Morgan fingerprint density at radius 3 is 2.11 bits per heavy atom. The molecule has 0 unspecified atom stereocenters. The summed E-state index contributed by atoms with van der Waals surface area (Å²) < 4.78 is 50.6. The molecule has 0 aromatic heterocycles. The van der Waals surface area contributed by atoms with Crippen LogP contribution in [0.4, 0.5) is 17.6 Å². The van der Waals surface area contributed by atoms with E-state index in [0.29, 0.717) is 6.07 Å². The van der Waals surface area contributed by atoms with Gasteiger partial charge in [-0.15, -0.1) is 0 Å². The van der Waals surface area contributed by atoms with Crippen molar-refractivity contribution >= 4 is 0 Å². The zero-order chi connectivity index (χ0) is 13.3. The molecule has 0 heterocycles. The molecule has 0 saturated heterocycles. The Morgan fingerprint density at radius 2 is 1.56 bits per heavy atom. The Kier molecular flexibility index (Phi) is 2.98. The summed E-state index contributed by atoms with van der Waals surface area (Å²) in [4.78, 5) is 0. The van der Waals surface area contributed by atoms with Crippen LogP contribution in [0.2, 0.25) is 0 Å². The summed E-state index contributed by atoms with van der Waals surface area (Å²) in [6, 6.07) is 8.00. The zero-order valence-corrected chi connectivity index (χ0v) is 9.00. The highest BCUT2D eigenvalue weighted by Crippen LogP contribution is 2.37. The molecule has 18 heavy (non-hydrogen) atoms. The van der Waals surface area contributed by atoms with Crippen molar-refractivity contribution in [2.75, 3.05) is 0 Å². The number of rotatable bonds is 1. The minimum Gasteiger partial charge on any atom is -0.507 e. The Balaban J connectivity index is 2.52. The van der Waals surface area contributed by atoms with Crippen LogP contribution in [0.5, 0.6) is 5.75 Å². The number of alkyl halides is 3. The molecule has 0 aliphatic rings. The first-order chi connectivity index (χ1) is 8.39. The summed E-state index contributed by atoms with van der Waals surface area (Å²) in [6.45, 7) is 0. The quantitative estimate of drug-likeness (QED) is 0.757. The van der Waals surface area contributed by atoms with Crippen LogP contribution in [0.15, 0.2) is 42.5 Å². The molecule has 0 spiro atoms. The van der Waals surface area contributed by atoms with Gasteiger partial charge in [0.15, 0.2) is 0 Å². The summed E-state index contributed by atoms with van der Waals surface area (Å²) >= 11 is 0. The molecule has 0 bridgehead atoms. The highest BCUT2D eigenvalue weighted by atomic mass is 19.4. The molecular weight excluding hydrogens is 248 g/mol. The number of aromatic hydroxyl groups is 1. The SMILES string of the molecule is Oc1cc(C(F)(F)F)ccc1-c1ccccc1F. The first-order valence-corrected chi connectivity index (χ1v) is 5.04. The maximum atomic E-state index is 13.5. The van der Waals surface area contributed by atoms with Crippen molar-refractivity contribution in [1.82, 2.24) is 0 Å².